The molecule has 7 heteroatoms. The van der Waals surface area contributed by atoms with E-state index in [4.69, 9.17) is 14.2 Å². The predicted octanol–water partition coefficient (Wildman–Crippen LogP) is 2.38. The summed E-state index contributed by atoms with van der Waals surface area (Å²) in [6.07, 6.45) is 5.37. The highest BCUT2D eigenvalue weighted by atomic mass is 16.5. The van der Waals surface area contributed by atoms with Crippen LogP contribution in [0.5, 0.6) is 11.5 Å². The molecule has 2 aromatic rings. The normalized spacial score (nSPS) is 14.2. The molecule has 0 saturated heterocycles. The molecule has 0 bridgehead atoms. The van der Waals surface area contributed by atoms with Crippen molar-refractivity contribution in [2.45, 2.75) is 26.2 Å². The van der Waals surface area contributed by atoms with Crippen LogP contribution in [-0.4, -0.2) is 38.2 Å². The number of methoxy groups -OCH3 is 1. The van der Waals surface area contributed by atoms with Crippen molar-refractivity contribution in [1.82, 2.24) is 0 Å². The molecule has 2 aromatic carbocycles. The van der Waals surface area contributed by atoms with Crippen molar-refractivity contribution in [3.05, 3.63) is 58.5 Å². The van der Waals surface area contributed by atoms with E-state index in [0.29, 0.717) is 43.8 Å². The summed E-state index contributed by atoms with van der Waals surface area (Å²) >= 11 is 0. The molecule has 168 valence electrons. The molecule has 1 aliphatic carbocycles. The standard InChI is InChI=1S/C25H26O7/c1-3-23(26)31-14-4-13-30-22-12-9-18-15-20(6-5-19(18)16-22)25(28)32-21-10-7-17(8-11-21)24(27)29-2/h5,7-12,15-16,20H,3-4,6,13-14H2,1-2H3. The highest BCUT2D eigenvalue weighted by molar-refractivity contribution is 5.89. The van der Waals surface area contributed by atoms with E-state index in [2.05, 4.69) is 4.74 Å². The van der Waals surface area contributed by atoms with Gasteiger partial charge in [0.25, 0.3) is 0 Å². The Hall–Kier alpha value is -3.61. The fourth-order valence-corrected chi connectivity index (χ4v) is 3.18. The molecule has 32 heavy (non-hydrogen) atoms. The van der Waals surface area contributed by atoms with Gasteiger partial charge in [-0.1, -0.05) is 25.1 Å². The Labute approximate surface area is 186 Å². The van der Waals surface area contributed by atoms with E-state index >= 15 is 0 Å². The number of hydrogen-bond donors (Lipinski definition) is 0. The number of carbonyl (C=O) groups is 3. The molecule has 3 rings (SSSR count). The number of rotatable bonds is 9. The van der Waals surface area contributed by atoms with Gasteiger partial charge in [-0.2, -0.15) is 0 Å². The zero-order chi connectivity index (χ0) is 22.9. The van der Waals surface area contributed by atoms with Crippen LogP contribution in [0.15, 0.2) is 42.5 Å². The van der Waals surface area contributed by atoms with Crippen LogP contribution >= 0.6 is 0 Å². The second-order valence-electron chi connectivity index (χ2n) is 7.22. The molecule has 0 heterocycles. The maximum atomic E-state index is 12.6. The van der Waals surface area contributed by atoms with Gasteiger partial charge in [0.1, 0.15) is 11.5 Å². The summed E-state index contributed by atoms with van der Waals surface area (Å²) in [7, 11) is 1.31. The van der Waals surface area contributed by atoms with Crippen molar-refractivity contribution in [3.63, 3.8) is 0 Å². The van der Waals surface area contributed by atoms with Crippen molar-refractivity contribution < 1.29 is 33.3 Å². The third kappa shape index (κ3) is 6.20. The Kier molecular flexibility index (Phi) is 8.02. The third-order valence-electron chi connectivity index (χ3n) is 4.94. The predicted molar refractivity (Wildman–Crippen MR) is 118 cm³/mol. The lowest BCUT2D eigenvalue weighted by Gasteiger charge is -2.14. The van der Waals surface area contributed by atoms with Gasteiger partial charge in [-0.05, 0) is 53.3 Å². The summed E-state index contributed by atoms with van der Waals surface area (Å²) in [6.45, 7) is 2.55. The minimum atomic E-state index is -0.446. The first-order valence-electron chi connectivity index (χ1n) is 10.5. The molecule has 7 nitrogen and oxygen atoms in total. The topological polar surface area (TPSA) is 88.1 Å². The summed E-state index contributed by atoms with van der Waals surface area (Å²) in [5.74, 6) is -0.326. The summed E-state index contributed by atoms with van der Waals surface area (Å²) < 4.78 is 20.9. The second kappa shape index (κ2) is 11.1. The number of ether oxygens (including phenoxy) is 4. The van der Waals surface area contributed by atoms with E-state index in [-0.39, 0.29) is 11.9 Å². The van der Waals surface area contributed by atoms with Gasteiger partial charge in [0.2, 0.25) is 0 Å². The number of hydrogen-bond acceptors (Lipinski definition) is 7. The molecule has 0 radical (unpaired) electrons. The van der Waals surface area contributed by atoms with E-state index in [0.717, 1.165) is 16.2 Å². The summed E-state index contributed by atoms with van der Waals surface area (Å²) in [4.78, 5) is 35.2. The number of fused-ring (bicyclic) bond motifs is 1. The molecule has 0 amide bonds. The van der Waals surface area contributed by atoms with Crippen LogP contribution in [0.25, 0.3) is 12.2 Å². The number of esters is 3. The van der Waals surface area contributed by atoms with Gasteiger partial charge < -0.3 is 18.9 Å². The SMILES string of the molecule is CCC(=O)OCCCOc1ccc2c(c1)=CCC(C(=O)Oc1ccc(C(=O)OC)cc1)C=2. The molecule has 1 unspecified atom stereocenters. The van der Waals surface area contributed by atoms with Crippen LogP contribution in [0, 0.1) is 5.92 Å². The van der Waals surface area contributed by atoms with Crippen LogP contribution < -0.4 is 19.9 Å². The first-order chi connectivity index (χ1) is 15.5. The van der Waals surface area contributed by atoms with Crippen LogP contribution in [-0.2, 0) is 19.1 Å². The maximum absolute atomic E-state index is 12.6. The van der Waals surface area contributed by atoms with Crippen LogP contribution in [0.4, 0.5) is 0 Å². The molecule has 0 saturated carbocycles. The van der Waals surface area contributed by atoms with Gasteiger partial charge in [-0.25, -0.2) is 4.79 Å². The van der Waals surface area contributed by atoms with Crippen molar-refractivity contribution in [3.8, 4) is 11.5 Å². The average molecular weight is 438 g/mol. The summed E-state index contributed by atoms with van der Waals surface area (Å²) in [6, 6.07) is 11.9. The molecule has 1 atom stereocenters. The van der Waals surface area contributed by atoms with Crippen LogP contribution in [0.3, 0.4) is 0 Å². The zero-order valence-corrected chi connectivity index (χ0v) is 18.2. The van der Waals surface area contributed by atoms with Crippen molar-refractivity contribution in [2.75, 3.05) is 20.3 Å². The van der Waals surface area contributed by atoms with E-state index in [1.807, 2.05) is 30.4 Å². The maximum Gasteiger partial charge on any atom is 0.337 e. The molecular weight excluding hydrogens is 412 g/mol. The largest absolute Gasteiger partial charge is 0.493 e. The second-order valence-corrected chi connectivity index (χ2v) is 7.22. The minimum Gasteiger partial charge on any atom is -0.493 e. The van der Waals surface area contributed by atoms with E-state index < -0.39 is 11.9 Å². The monoisotopic (exact) mass is 438 g/mol. The average Bonchev–Trinajstić information content (AvgIpc) is 2.83. The number of benzene rings is 2. The molecule has 0 N–H and O–H groups in total. The minimum absolute atomic E-state index is 0.213. The Morgan fingerprint density at radius 2 is 1.72 bits per heavy atom. The molecule has 0 aromatic heterocycles. The molecule has 0 aliphatic heterocycles. The van der Waals surface area contributed by atoms with Gasteiger partial charge in [0.05, 0.1) is 31.8 Å². The summed E-state index contributed by atoms with van der Waals surface area (Å²) in [5, 5.41) is 1.93. The fraction of sp³-hybridized carbons (Fsp3) is 0.320. The van der Waals surface area contributed by atoms with Crippen LogP contribution in [0.1, 0.15) is 36.5 Å². The third-order valence-corrected chi connectivity index (χ3v) is 4.94. The quantitative estimate of drug-likeness (QED) is 0.337. The Bertz CT molecular complexity index is 1090. The molecule has 1 aliphatic rings. The molecular formula is C25H26O7. The fourth-order valence-electron chi connectivity index (χ4n) is 3.18. The van der Waals surface area contributed by atoms with Gasteiger partial charge in [0.15, 0.2) is 0 Å². The highest BCUT2D eigenvalue weighted by Crippen LogP contribution is 2.18. The molecule has 0 fully saturated rings. The van der Waals surface area contributed by atoms with E-state index in [1.165, 1.54) is 7.11 Å². The van der Waals surface area contributed by atoms with Gasteiger partial charge in [-0.15, -0.1) is 0 Å². The van der Waals surface area contributed by atoms with Crippen molar-refractivity contribution >= 4 is 30.1 Å². The Morgan fingerprint density at radius 1 is 0.969 bits per heavy atom. The lowest BCUT2D eigenvalue weighted by molar-refractivity contribution is -0.143. The summed E-state index contributed by atoms with van der Waals surface area (Å²) in [5.41, 5.74) is 0.388. The van der Waals surface area contributed by atoms with Gasteiger partial charge in [-0.3, -0.25) is 9.59 Å². The number of carbonyl (C=O) groups excluding carboxylic acids is 3. The molecule has 0 spiro atoms. The van der Waals surface area contributed by atoms with E-state index in [9.17, 15) is 14.4 Å². The van der Waals surface area contributed by atoms with E-state index in [1.54, 1.807) is 31.2 Å². The first kappa shape index (κ1) is 23.1. The van der Waals surface area contributed by atoms with Crippen LogP contribution in [0.2, 0.25) is 0 Å². The van der Waals surface area contributed by atoms with Gasteiger partial charge >= 0.3 is 17.9 Å². The lowest BCUT2D eigenvalue weighted by atomic mass is 9.97. The smallest absolute Gasteiger partial charge is 0.337 e. The Balaban J connectivity index is 1.56. The first-order valence-corrected chi connectivity index (χ1v) is 10.5. The lowest BCUT2D eigenvalue weighted by Crippen LogP contribution is -2.32. The highest BCUT2D eigenvalue weighted by Gasteiger charge is 2.19. The van der Waals surface area contributed by atoms with Crippen molar-refractivity contribution in [1.29, 1.82) is 0 Å². The Morgan fingerprint density at radius 3 is 2.44 bits per heavy atom. The van der Waals surface area contributed by atoms with Crippen molar-refractivity contribution in [2.24, 2.45) is 5.92 Å². The van der Waals surface area contributed by atoms with Gasteiger partial charge in [0, 0.05) is 12.8 Å². The zero-order valence-electron chi connectivity index (χ0n) is 18.2.